The van der Waals surface area contributed by atoms with Crippen molar-refractivity contribution in [3.05, 3.63) is 62.8 Å². The molecule has 18 heavy (non-hydrogen) atoms. The highest BCUT2D eigenvalue weighted by molar-refractivity contribution is 9.10. The Kier molecular flexibility index (Phi) is 3.68. The lowest BCUT2D eigenvalue weighted by molar-refractivity contribution is 0.103. The van der Waals surface area contributed by atoms with Crippen molar-refractivity contribution < 1.29 is 9.18 Å². The predicted molar refractivity (Wildman–Crippen MR) is 73.4 cm³/mol. The lowest BCUT2D eigenvalue weighted by atomic mass is 10.0. The van der Waals surface area contributed by atoms with E-state index in [1.165, 1.54) is 12.1 Å². The van der Waals surface area contributed by atoms with Crippen LogP contribution in [0.15, 0.2) is 40.9 Å². The molecule has 2 N–H and O–H groups in total. The summed E-state index contributed by atoms with van der Waals surface area (Å²) in [5.74, 6) is -0.966. The Hall–Kier alpha value is -1.39. The lowest BCUT2D eigenvalue weighted by Gasteiger charge is -2.05. The normalized spacial score (nSPS) is 10.4. The molecular formula is C13H8BrClFNO. The molecule has 0 spiro atoms. The van der Waals surface area contributed by atoms with Crippen molar-refractivity contribution in [3.63, 3.8) is 0 Å². The van der Waals surface area contributed by atoms with Crippen LogP contribution in [0, 0.1) is 5.82 Å². The van der Waals surface area contributed by atoms with Crippen molar-refractivity contribution in [1.82, 2.24) is 0 Å². The van der Waals surface area contributed by atoms with Gasteiger partial charge in [-0.15, -0.1) is 0 Å². The van der Waals surface area contributed by atoms with Gasteiger partial charge < -0.3 is 5.73 Å². The molecular weight excluding hydrogens is 321 g/mol. The molecule has 2 nitrogen and oxygen atoms in total. The fraction of sp³-hybridized carbons (Fsp3) is 0. The van der Waals surface area contributed by atoms with Crippen molar-refractivity contribution in [1.29, 1.82) is 0 Å². The molecule has 0 aliphatic rings. The molecule has 0 fully saturated rings. The average Bonchev–Trinajstić information content (AvgIpc) is 2.35. The highest BCUT2D eigenvalue weighted by Gasteiger charge is 2.14. The first-order chi connectivity index (χ1) is 8.49. The molecule has 0 saturated heterocycles. The molecule has 0 heterocycles. The highest BCUT2D eigenvalue weighted by Crippen LogP contribution is 2.24. The van der Waals surface area contributed by atoms with Crippen LogP contribution in [-0.4, -0.2) is 5.78 Å². The number of benzene rings is 2. The van der Waals surface area contributed by atoms with Crippen LogP contribution in [0.1, 0.15) is 15.9 Å². The molecule has 0 aromatic heterocycles. The summed E-state index contributed by atoms with van der Waals surface area (Å²) in [6, 6.07) is 8.86. The Morgan fingerprint density at radius 3 is 2.61 bits per heavy atom. The van der Waals surface area contributed by atoms with E-state index in [1.54, 1.807) is 18.2 Å². The first-order valence-electron chi connectivity index (χ1n) is 5.04. The van der Waals surface area contributed by atoms with Gasteiger partial charge in [-0.3, -0.25) is 4.79 Å². The van der Waals surface area contributed by atoms with Gasteiger partial charge in [-0.2, -0.15) is 0 Å². The van der Waals surface area contributed by atoms with E-state index in [1.807, 2.05) is 0 Å². The maximum atomic E-state index is 13.3. The molecule has 92 valence electrons. The van der Waals surface area contributed by atoms with Gasteiger partial charge in [0.2, 0.25) is 0 Å². The summed E-state index contributed by atoms with van der Waals surface area (Å²) in [5.41, 5.74) is 5.89. The Bertz CT molecular complexity index is 630. The van der Waals surface area contributed by atoms with E-state index in [9.17, 15) is 9.18 Å². The minimum atomic E-state index is -0.619. The molecule has 0 amide bonds. The van der Waals surface area contributed by atoms with Gasteiger partial charge in [0.1, 0.15) is 5.82 Å². The minimum absolute atomic E-state index is 0.00638. The second-order valence-corrected chi connectivity index (χ2v) is 5.01. The predicted octanol–water partition coefficient (Wildman–Crippen LogP) is 4.05. The van der Waals surface area contributed by atoms with Gasteiger partial charge in [0.05, 0.1) is 10.7 Å². The number of carbonyl (C=O) groups excluding carboxylic acids is 1. The molecule has 2 aromatic rings. The van der Waals surface area contributed by atoms with E-state index in [2.05, 4.69) is 15.9 Å². The average molecular weight is 329 g/mol. The summed E-state index contributed by atoms with van der Waals surface area (Å²) in [7, 11) is 0. The maximum Gasteiger partial charge on any atom is 0.194 e. The summed E-state index contributed by atoms with van der Waals surface area (Å²) >= 11 is 9.21. The van der Waals surface area contributed by atoms with E-state index in [0.29, 0.717) is 10.6 Å². The van der Waals surface area contributed by atoms with Crippen LogP contribution < -0.4 is 5.73 Å². The molecule has 0 aliphatic carbocycles. The third kappa shape index (κ3) is 2.54. The molecule has 0 radical (unpaired) electrons. The van der Waals surface area contributed by atoms with E-state index < -0.39 is 5.82 Å². The zero-order valence-corrected chi connectivity index (χ0v) is 11.4. The van der Waals surface area contributed by atoms with Gasteiger partial charge in [0.15, 0.2) is 5.78 Å². The van der Waals surface area contributed by atoms with Gasteiger partial charge in [0, 0.05) is 15.6 Å². The van der Waals surface area contributed by atoms with Crippen molar-refractivity contribution in [2.24, 2.45) is 0 Å². The Morgan fingerprint density at radius 2 is 1.94 bits per heavy atom. The number of carbonyl (C=O) groups is 1. The molecule has 0 aliphatic heterocycles. The summed E-state index contributed by atoms with van der Waals surface area (Å²) < 4.78 is 14.0. The smallest absolute Gasteiger partial charge is 0.194 e. The van der Waals surface area contributed by atoms with Crippen LogP contribution in [-0.2, 0) is 0 Å². The first kappa shape index (κ1) is 13.1. The molecule has 0 unspecified atom stereocenters. The number of anilines is 1. The highest BCUT2D eigenvalue weighted by atomic mass is 79.9. The minimum Gasteiger partial charge on any atom is -0.396 e. The summed E-state index contributed by atoms with van der Waals surface area (Å²) in [4.78, 5) is 12.2. The Balaban J connectivity index is 2.47. The van der Waals surface area contributed by atoms with Crippen molar-refractivity contribution in [3.8, 4) is 0 Å². The number of rotatable bonds is 2. The molecule has 0 saturated carbocycles. The fourth-order valence-corrected chi connectivity index (χ4v) is 2.06. The van der Waals surface area contributed by atoms with Crippen LogP contribution in [0.5, 0.6) is 0 Å². The third-order valence-corrected chi connectivity index (χ3v) is 3.26. The van der Waals surface area contributed by atoms with Crippen molar-refractivity contribution in [2.45, 2.75) is 0 Å². The SMILES string of the molecule is Nc1ccc(C(=O)c2cc(Br)ccc2Cl)cc1F. The Labute approximate surface area is 117 Å². The van der Waals surface area contributed by atoms with E-state index in [4.69, 9.17) is 17.3 Å². The molecule has 0 atom stereocenters. The number of hydrogen-bond acceptors (Lipinski definition) is 2. The zero-order chi connectivity index (χ0) is 13.3. The number of halogens is 3. The molecule has 2 aromatic carbocycles. The lowest BCUT2D eigenvalue weighted by Crippen LogP contribution is -2.04. The van der Waals surface area contributed by atoms with Gasteiger partial charge in [-0.1, -0.05) is 27.5 Å². The maximum absolute atomic E-state index is 13.3. The van der Waals surface area contributed by atoms with E-state index in [-0.39, 0.29) is 17.0 Å². The quantitative estimate of drug-likeness (QED) is 0.667. The zero-order valence-electron chi connectivity index (χ0n) is 9.08. The third-order valence-electron chi connectivity index (χ3n) is 2.44. The van der Waals surface area contributed by atoms with Gasteiger partial charge in [-0.25, -0.2) is 4.39 Å². The second kappa shape index (κ2) is 5.08. The monoisotopic (exact) mass is 327 g/mol. The van der Waals surface area contributed by atoms with Crippen LogP contribution >= 0.6 is 27.5 Å². The first-order valence-corrected chi connectivity index (χ1v) is 6.21. The summed E-state index contributed by atoms with van der Waals surface area (Å²) in [6.07, 6.45) is 0. The van der Waals surface area contributed by atoms with Crippen LogP contribution in [0.25, 0.3) is 0 Å². The van der Waals surface area contributed by atoms with Crippen molar-refractivity contribution >= 4 is 39.0 Å². The van der Waals surface area contributed by atoms with Gasteiger partial charge in [0.25, 0.3) is 0 Å². The fourth-order valence-electron chi connectivity index (χ4n) is 1.50. The largest absolute Gasteiger partial charge is 0.396 e. The van der Waals surface area contributed by atoms with E-state index in [0.717, 1.165) is 10.5 Å². The van der Waals surface area contributed by atoms with Gasteiger partial charge >= 0.3 is 0 Å². The van der Waals surface area contributed by atoms with Crippen LogP contribution in [0.2, 0.25) is 5.02 Å². The number of nitrogen functional groups attached to an aromatic ring is 1. The van der Waals surface area contributed by atoms with Crippen LogP contribution in [0.4, 0.5) is 10.1 Å². The Morgan fingerprint density at radius 1 is 1.22 bits per heavy atom. The van der Waals surface area contributed by atoms with E-state index >= 15 is 0 Å². The van der Waals surface area contributed by atoms with Gasteiger partial charge in [-0.05, 0) is 36.4 Å². The molecule has 5 heteroatoms. The van der Waals surface area contributed by atoms with Crippen LogP contribution in [0.3, 0.4) is 0 Å². The number of nitrogens with two attached hydrogens (primary N) is 1. The summed E-state index contributed by atoms with van der Waals surface area (Å²) in [6.45, 7) is 0. The second-order valence-electron chi connectivity index (χ2n) is 3.69. The number of ketones is 1. The molecule has 0 bridgehead atoms. The number of hydrogen-bond donors (Lipinski definition) is 1. The van der Waals surface area contributed by atoms with Crippen molar-refractivity contribution in [2.75, 3.05) is 5.73 Å². The molecule has 2 rings (SSSR count). The summed E-state index contributed by atoms with van der Waals surface area (Å²) in [5, 5.41) is 0.320. The topological polar surface area (TPSA) is 43.1 Å². The standard InChI is InChI=1S/C13H8BrClFNO/c14-8-2-3-10(15)9(6-8)13(18)7-1-4-12(17)11(16)5-7/h1-6H,17H2.